The van der Waals surface area contributed by atoms with E-state index >= 15 is 0 Å². The van der Waals surface area contributed by atoms with E-state index in [2.05, 4.69) is 16.0 Å². The normalized spacial score (nSPS) is 15.8. The average molecular weight is 602 g/mol. The van der Waals surface area contributed by atoms with Crippen molar-refractivity contribution in [2.45, 2.75) is 90.1 Å². The number of carboxylic acid groups (broad SMARTS) is 2. The lowest BCUT2D eigenvalue weighted by molar-refractivity contribution is -0.140. The van der Waals surface area contributed by atoms with Gasteiger partial charge in [0.15, 0.2) is 0 Å². The van der Waals surface area contributed by atoms with Gasteiger partial charge in [-0.05, 0) is 54.7 Å². The van der Waals surface area contributed by atoms with E-state index in [9.17, 15) is 37.9 Å². The van der Waals surface area contributed by atoms with Crippen molar-refractivity contribution < 1.29 is 43.0 Å². The maximum absolute atomic E-state index is 13.3. The highest BCUT2D eigenvalue weighted by Gasteiger charge is 2.39. The van der Waals surface area contributed by atoms with Gasteiger partial charge in [-0.3, -0.25) is 19.2 Å². The van der Waals surface area contributed by atoms with Gasteiger partial charge in [0.05, 0.1) is 12.0 Å². The Balaban J connectivity index is 2.05. The summed E-state index contributed by atoms with van der Waals surface area (Å²) in [6.45, 7) is 3.61. The fourth-order valence-electron chi connectivity index (χ4n) is 5.16. The van der Waals surface area contributed by atoms with E-state index in [0.717, 1.165) is 12.8 Å². The number of hydrogen-bond donors (Lipinski definition) is 5. The lowest BCUT2D eigenvalue weighted by Crippen LogP contribution is -2.55. The summed E-state index contributed by atoms with van der Waals surface area (Å²) in [6, 6.07) is 1.42. The number of carboxylic acids is 2. The Kier molecular flexibility index (Phi) is 12.9. The van der Waals surface area contributed by atoms with Crippen LogP contribution in [0.5, 0.6) is 0 Å². The molecule has 0 radical (unpaired) electrons. The quantitative estimate of drug-likeness (QED) is 0.192. The molecule has 228 valence electrons. The van der Waals surface area contributed by atoms with Crippen molar-refractivity contribution in [1.29, 1.82) is 0 Å². The van der Waals surface area contributed by atoms with Crippen LogP contribution in [0.15, 0.2) is 18.2 Å². The van der Waals surface area contributed by atoms with Crippen molar-refractivity contribution >= 4 is 41.3 Å². The summed E-state index contributed by atoms with van der Waals surface area (Å²) in [5.41, 5.74) is -0.163. The predicted molar refractivity (Wildman–Crippen MR) is 147 cm³/mol. The highest BCUT2D eigenvalue weighted by atomic mass is 35.5. The minimum absolute atomic E-state index is 0.00849. The molecule has 41 heavy (non-hydrogen) atoms. The van der Waals surface area contributed by atoms with Crippen LogP contribution in [0, 0.1) is 11.3 Å². The van der Waals surface area contributed by atoms with Gasteiger partial charge in [-0.1, -0.05) is 44.4 Å². The second kappa shape index (κ2) is 15.6. The van der Waals surface area contributed by atoms with Crippen LogP contribution in [0.3, 0.4) is 0 Å². The number of hydrogen-bond acceptors (Lipinski definition) is 5. The maximum atomic E-state index is 13.3. The summed E-state index contributed by atoms with van der Waals surface area (Å²) in [5.74, 6) is -4.37. The summed E-state index contributed by atoms with van der Waals surface area (Å²) in [7, 11) is 0. The van der Waals surface area contributed by atoms with Crippen LogP contribution < -0.4 is 16.0 Å². The first-order chi connectivity index (χ1) is 19.2. The average Bonchev–Trinajstić information content (AvgIpc) is 3.30. The third-order valence-corrected chi connectivity index (χ3v) is 7.48. The lowest BCUT2D eigenvalue weighted by Gasteiger charge is -2.28. The van der Waals surface area contributed by atoms with Gasteiger partial charge >= 0.3 is 11.9 Å². The molecule has 0 aromatic heterocycles. The molecule has 0 saturated heterocycles. The maximum Gasteiger partial charge on any atom is 0.335 e. The molecule has 0 heterocycles. The second-order valence-corrected chi connectivity index (χ2v) is 11.5. The molecule has 5 N–H and O–H groups in total. The van der Waals surface area contributed by atoms with Gasteiger partial charge in [0.1, 0.15) is 12.1 Å². The van der Waals surface area contributed by atoms with E-state index in [4.69, 9.17) is 16.7 Å². The monoisotopic (exact) mass is 601 g/mol. The molecule has 0 unspecified atom stereocenters. The van der Waals surface area contributed by atoms with Crippen LogP contribution in [-0.2, 0) is 25.6 Å². The van der Waals surface area contributed by atoms with Crippen molar-refractivity contribution in [2.24, 2.45) is 11.3 Å². The molecule has 1 aliphatic carbocycles. The number of amides is 3. The predicted octanol–water partition coefficient (Wildman–Crippen LogP) is 3.79. The summed E-state index contributed by atoms with van der Waals surface area (Å²) in [5, 5.41) is 26.0. The van der Waals surface area contributed by atoms with E-state index in [0.29, 0.717) is 18.4 Å². The molecule has 2 atom stereocenters. The first-order valence-corrected chi connectivity index (χ1v) is 14.0. The molecule has 13 heteroatoms. The Labute approximate surface area is 242 Å². The zero-order valence-corrected chi connectivity index (χ0v) is 23.9. The molecule has 1 aliphatic rings. The number of rotatable bonds is 16. The van der Waals surface area contributed by atoms with E-state index in [-0.39, 0.29) is 48.7 Å². The second-order valence-electron chi connectivity index (χ2n) is 11.0. The third-order valence-electron chi connectivity index (χ3n) is 7.13. The highest BCUT2D eigenvalue weighted by molar-refractivity contribution is 6.31. The van der Waals surface area contributed by atoms with Crippen molar-refractivity contribution in [3.05, 3.63) is 34.3 Å². The van der Waals surface area contributed by atoms with Crippen LogP contribution >= 0.6 is 11.6 Å². The van der Waals surface area contributed by atoms with Crippen LogP contribution in [-0.4, -0.2) is 64.9 Å². The van der Waals surface area contributed by atoms with Crippen molar-refractivity contribution in [3.8, 4) is 0 Å². The molecule has 10 nitrogen and oxygen atoms in total. The molecule has 1 fully saturated rings. The van der Waals surface area contributed by atoms with Gasteiger partial charge < -0.3 is 26.2 Å². The number of carbonyl (C=O) groups excluding carboxylic acids is 3. The molecular formula is C28H38ClF2N3O7. The Hall–Kier alpha value is -3.28. The van der Waals surface area contributed by atoms with Crippen molar-refractivity contribution in [1.82, 2.24) is 16.0 Å². The molecule has 0 aliphatic heterocycles. The smallest absolute Gasteiger partial charge is 0.335 e. The molecule has 1 aromatic carbocycles. The van der Waals surface area contributed by atoms with Gasteiger partial charge in [-0.2, -0.15) is 0 Å². The van der Waals surface area contributed by atoms with Crippen LogP contribution in [0.25, 0.3) is 0 Å². The first kappa shape index (κ1) is 33.9. The molecule has 0 spiro atoms. The number of aromatic carboxylic acids is 1. The van der Waals surface area contributed by atoms with E-state index in [1.807, 2.05) is 13.8 Å². The molecule has 3 amide bonds. The lowest BCUT2D eigenvalue weighted by atomic mass is 9.79. The highest BCUT2D eigenvalue weighted by Crippen LogP contribution is 2.44. The summed E-state index contributed by atoms with van der Waals surface area (Å²) in [6.07, 6.45) is -0.942. The Morgan fingerprint density at radius 3 is 2.12 bits per heavy atom. The zero-order chi connectivity index (χ0) is 30.7. The van der Waals surface area contributed by atoms with Gasteiger partial charge in [0.2, 0.25) is 24.1 Å². The standard InChI is InChI=1S/C28H38ClF2N3O7/c1-16(2)11-20(33-23(35)14-28(15-24(36)37)8-3-4-9-28)26(39)34-21(13-22(30)31)25(38)32-10-7-17-5-6-18(27(40)41)12-19(17)29/h5-6,12,16,20-22H,3-4,7-11,13-15H2,1-2H3,(H,32,38)(H,33,35)(H,34,39)(H,36,37)(H,40,41)/t20-,21-/m1/s1. The Morgan fingerprint density at radius 2 is 1.59 bits per heavy atom. The number of benzene rings is 1. The van der Waals surface area contributed by atoms with Crippen LogP contribution in [0.1, 0.15) is 81.1 Å². The minimum atomic E-state index is -2.90. The number of aliphatic carboxylic acids is 1. The van der Waals surface area contributed by atoms with Gasteiger partial charge in [-0.15, -0.1) is 0 Å². The van der Waals surface area contributed by atoms with Gasteiger partial charge in [0, 0.05) is 24.4 Å². The SMILES string of the molecule is CC(C)C[C@@H](NC(=O)CC1(CC(=O)O)CCCC1)C(=O)N[C@H](CC(F)F)C(=O)NCCc1ccc(C(=O)O)cc1Cl. The number of alkyl halides is 2. The van der Waals surface area contributed by atoms with Gasteiger partial charge in [-0.25, -0.2) is 13.6 Å². The summed E-state index contributed by atoms with van der Waals surface area (Å²) < 4.78 is 26.6. The van der Waals surface area contributed by atoms with Crippen LogP contribution in [0.2, 0.25) is 5.02 Å². The largest absolute Gasteiger partial charge is 0.481 e. The van der Waals surface area contributed by atoms with Gasteiger partial charge in [0.25, 0.3) is 0 Å². The van der Waals surface area contributed by atoms with E-state index in [1.54, 1.807) is 0 Å². The number of carbonyl (C=O) groups is 5. The fraction of sp³-hybridized carbons (Fsp3) is 0.607. The van der Waals surface area contributed by atoms with E-state index in [1.165, 1.54) is 18.2 Å². The van der Waals surface area contributed by atoms with Crippen LogP contribution in [0.4, 0.5) is 8.78 Å². The molecular weight excluding hydrogens is 564 g/mol. The number of halogens is 3. The molecule has 0 bridgehead atoms. The molecule has 1 aromatic rings. The minimum Gasteiger partial charge on any atom is -0.481 e. The Bertz CT molecular complexity index is 1110. The van der Waals surface area contributed by atoms with Crippen molar-refractivity contribution in [2.75, 3.05) is 6.54 Å². The summed E-state index contributed by atoms with van der Waals surface area (Å²) >= 11 is 6.10. The molecule has 1 saturated carbocycles. The topological polar surface area (TPSA) is 162 Å². The zero-order valence-electron chi connectivity index (χ0n) is 23.2. The molecule has 2 rings (SSSR count). The third kappa shape index (κ3) is 11.3. The van der Waals surface area contributed by atoms with E-state index < -0.39 is 60.0 Å². The van der Waals surface area contributed by atoms with Crippen molar-refractivity contribution in [3.63, 3.8) is 0 Å². The fourth-order valence-corrected chi connectivity index (χ4v) is 5.43. The Morgan fingerprint density at radius 1 is 0.951 bits per heavy atom. The summed E-state index contributed by atoms with van der Waals surface area (Å²) in [4.78, 5) is 61.2. The number of nitrogens with one attached hydrogen (secondary N) is 3. The first-order valence-electron chi connectivity index (χ1n) is 13.6.